The second-order valence-electron chi connectivity index (χ2n) is 7.53. The van der Waals surface area contributed by atoms with Crippen LogP contribution in [0.5, 0.6) is 0 Å². The van der Waals surface area contributed by atoms with E-state index in [-0.39, 0.29) is 34.7 Å². The van der Waals surface area contributed by atoms with E-state index in [0.29, 0.717) is 24.2 Å². The van der Waals surface area contributed by atoms with Crippen LogP contribution in [0.25, 0.3) is 22.0 Å². The Morgan fingerprint density at radius 2 is 1.97 bits per heavy atom. The van der Waals surface area contributed by atoms with Gasteiger partial charge in [-0.3, -0.25) is 14.6 Å². The maximum absolute atomic E-state index is 15.7. The molecule has 0 radical (unpaired) electrons. The van der Waals surface area contributed by atoms with E-state index >= 15 is 8.78 Å². The largest absolute Gasteiger partial charge is 0.477 e. The lowest BCUT2D eigenvalue weighted by Crippen LogP contribution is -2.20. The summed E-state index contributed by atoms with van der Waals surface area (Å²) in [5.41, 5.74) is -1.03. The fraction of sp³-hybridized carbons (Fsp3) is 0.273. The summed E-state index contributed by atoms with van der Waals surface area (Å²) < 4.78 is 37.1. The number of hydrogen-bond acceptors (Lipinski definition) is 5. The number of aromatic carboxylic acids is 1. The van der Waals surface area contributed by atoms with Crippen molar-refractivity contribution in [1.29, 1.82) is 0 Å². The van der Waals surface area contributed by atoms with E-state index < -0.39 is 34.6 Å². The molecule has 0 bridgehead atoms. The first kappa shape index (κ1) is 20.6. The molecule has 1 aliphatic carbocycles. The standard InChI is InChI=1S/C22H18F2N2O5/c1-10-5-12(6-13(25-10)9-31-11(2)27)18-17(23)7-15-20(19(18)24)26(14-3-4-14)8-16(21(15)28)22(29)30/h5-8,14H,3-4,9H2,1-2H3,(H,29,30). The molecular formula is C22H18F2N2O5. The van der Waals surface area contributed by atoms with Gasteiger partial charge in [0.25, 0.3) is 0 Å². The van der Waals surface area contributed by atoms with Crippen molar-refractivity contribution in [3.05, 3.63) is 63.2 Å². The smallest absolute Gasteiger partial charge is 0.341 e. The lowest BCUT2D eigenvalue weighted by atomic mass is 10.00. The number of carboxylic acid groups (broad SMARTS) is 1. The highest BCUT2D eigenvalue weighted by Crippen LogP contribution is 2.39. The number of aromatic nitrogens is 2. The normalized spacial score (nSPS) is 13.4. The number of carbonyl (C=O) groups is 2. The van der Waals surface area contributed by atoms with Gasteiger partial charge in [0.1, 0.15) is 18.0 Å². The molecule has 1 N–H and O–H groups in total. The van der Waals surface area contributed by atoms with Gasteiger partial charge in [0.15, 0.2) is 5.82 Å². The van der Waals surface area contributed by atoms with E-state index in [9.17, 15) is 19.5 Å². The average molecular weight is 428 g/mol. The summed E-state index contributed by atoms with van der Waals surface area (Å²) in [6.45, 7) is 2.72. The van der Waals surface area contributed by atoms with Crippen molar-refractivity contribution >= 4 is 22.8 Å². The number of esters is 1. The Morgan fingerprint density at radius 1 is 1.26 bits per heavy atom. The molecule has 0 atom stereocenters. The molecule has 0 aliphatic heterocycles. The van der Waals surface area contributed by atoms with Crippen LogP contribution in [0.2, 0.25) is 0 Å². The summed E-state index contributed by atoms with van der Waals surface area (Å²) in [5.74, 6) is -3.93. The first-order valence-corrected chi connectivity index (χ1v) is 9.58. The van der Waals surface area contributed by atoms with E-state index in [1.807, 2.05) is 0 Å². The van der Waals surface area contributed by atoms with Crippen molar-refractivity contribution in [2.45, 2.75) is 39.3 Å². The Hall–Kier alpha value is -3.62. The van der Waals surface area contributed by atoms with Gasteiger partial charge in [-0.1, -0.05) is 0 Å². The summed E-state index contributed by atoms with van der Waals surface area (Å²) in [6, 6.07) is 3.61. The molecule has 2 heterocycles. The minimum Gasteiger partial charge on any atom is -0.477 e. The molecule has 0 unspecified atom stereocenters. The lowest BCUT2D eigenvalue weighted by Gasteiger charge is -2.16. The number of fused-ring (bicyclic) bond motifs is 1. The van der Waals surface area contributed by atoms with E-state index in [4.69, 9.17) is 4.74 Å². The van der Waals surface area contributed by atoms with Crippen LogP contribution in [0.3, 0.4) is 0 Å². The highest BCUT2D eigenvalue weighted by molar-refractivity contribution is 5.94. The molecule has 1 aliphatic rings. The molecule has 0 spiro atoms. The van der Waals surface area contributed by atoms with Crippen molar-refractivity contribution in [2.75, 3.05) is 0 Å². The van der Waals surface area contributed by atoms with Crippen LogP contribution in [-0.4, -0.2) is 26.6 Å². The van der Waals surface area contributed by atoms with Crippen molar-refractivity contribution in [1.82, 2.24) is 9.55 Å². The topological polar surface area (TPSA) is 98.5 Å². The van der Waals surface area contributed by atoms with Crippen LogP contribution >= 0.6 is 0 Å². The zero-order valence-corrected chi connectivity index (χ0v) is 16.7. The zero-order valence-electron chi connectivity index (χ0n) is 16.7. The number of nitrogens with zero attached hydrogens (tertiary/aromatic N) is 2. The average Bonchev–Trinajstić information content (AvgIpc) is 3.51. The third kappa shape index (κ3) is 3.78. The van der Waals surface area contributed by atoms with E-state index in [0.717, 1.165) is 12.3 Å². The highest BCUT2D eigenvalue weighted by Gasteiger charge is 2.30. The fourth-order valence-electron chi connectivity index (χ4n) is 3.63. The Morgan fingerprint density at radius 3 is 2.58 bits per heavy atom. The molecule has 0 saturated heterocycles. The van der Waals surface area contributed by atoms with Crippen LogP contribution in [-0.2, 0) is 16.1 Å². The first-order chi connectivity index (χ1) is 14.7. The molecule has 1 aromatic carbocycles. The highest BCUT2D eigenvalue weighted by atomic mass is 19.1. The van der Waals surface area contributed by atoms with E-state index in [1.54, 1.807) is 6.92 Å². The van der Waals surface area contributed by atoms with Gasteiger partial charge in [0.2, 0.25) is 5.43 Å². The maximum Gasteiger partial charge on any atom is 0.341 e. The summed E-state index contributed by atoms with van der Waals surface area (Å²) in [5, 5.41) is 9.01. The zero-order chi connectivity index (χ0) is 22.4. The molecule has 3 aromatic rings. The molecule has 1 fully saturated rings. The van der Waals surface area contributed by atoms with E-state index in [2.05, 4.69) is 4.98 Å². The monoisotopic (exact) mass is 428 g/mol. The van der Waals surface area contributed by atoms with Crippen molar-refractivity contribution in [3.63, 3.8) is 0 Å². The van der Waals surface area contributed by atoms with Gasteiger partial charge < -0.3 is 14.4 Å². The maximum atomic E-state index is 15.7. The number of pyridine rings is 2. The summed E-state index contributed by atoms with van der Waals surface area (Å²) >= 11 is 0. The molecule has 9 heteroatoms. The van der Waals surface area contributed by atoms with Crippen molar-refractivity contribution in [2.24, 2.45) is 0 Å². The van der Waals surface area contributed by atoms with Crippen LogP contribution < -0.4 is 5.43 Å². The van der Waals surface area contributed by atoms with Gasteiger partial charge in [0.05, 0.1) is 22.2 Å². The number of ether oxygens (including phenoxy) is 1. The number of carboxylic acids is 1. The number of halogens is 2. The molecular weight excluding hydrogens is 410 g/mol. The SMILES string of the molecule is CC(=O)OCc1cc(-c2c(F)cc3c(=O)c(C(=O)O)cn(C4CC4)c3c2F)cc(C)n1. The minimum absolute atomic E-state index is 0.134. The second-order valence-corrected chi connectivity index (χ2v) is 7.53. The van der Waals surface area contributed by atoms with Crippen molar-refractivity contribution < 1.29 is 28.2 Å². The quantitative estimate of drug-likeness (QED) is 0.622. The van der Waals surface area contributed by atoms with Crippen LogP contribution in [0.4, 0.5) is 8.78 Å². The second kappa shape index (κ2) is 7.57. The van der Waals surface area contributed by atoms with Crippen LogP contribution in [0, 0.1) is 18.6 Å². The predicted molar refractivity (Wildman–Crippen MR) is 107 cm³/mol. The molecule has 7 nitrogen and oxygen atoms in total. The predicted octanol–water partition coefficient (Wildman–Crippen LogP) is 3.75. The lowest BCUT2D eigenvalue weighted by molar-refractivity contribution is -0.142. The number of carbonyl (C=O) groups excluding carboxylic acids is 1. The Kier molecular flexibility index (Phi) is 5.04. The number of aryl methyl sites for hydroxylation is 1. The molecule has 0 amide bonds. The first-order valence-electron chi connectivity index (χ1n) is 9.58. The van der Waals surface area contributed by atoms with Gasteiger partial charge in [-0.2, -0.15) is 0 Å². The fourth-order valence-corrected chi connectivity index (χ4v) is 3.63. The summed E-state index contributed by atoms with van der Waals surface area (Å²) in [7, 11) is 0. The van der Waals surface area contributed by atoms with Gasteiger partial charge in [-0.25, -0.2) is 13.6 Å². The molecule has 31 heavy (non-hydrogen) atoms. The van der Waals surface area contributed by atoms with Gasteiger partial charge in [-0.15, -0.1) is 0 Å². The summed E-state index contributed by atoms with van der Waals surface area (Å²) in [4.78, 5) is 39.3. The molecule has 160 valence electrons. The Balaban J connectivity index is 1.98. The minimum atomic E-state index is -1.45. The number of hydrogen-bond donors (Lipinski definition) is 1. The third-order valence-corrected chi connectivity index (χ3v) is 5.10. The van der Waals surface area contributed by atoms with Crippen LogP contribution in [0.1, 0.15) is 47.6 Å². The number of benzene rings is 1. The van der Waals surface area contributed by atoms with Gasteiger partial charge in [-0.05, 0) is 43.5 Å². The van der Waals surface area contributed by atoms with Gasteiger partial charge in [0, 0.05) is 24.9 Å². The Labute approximate surface area is 174 Å². The Bertz CT molecular complexity index is 1310. The summed E-state index contributed by atoms with van der Waals surface area (Å²) in [6.07, 6.45) is 2.52. The molecule has 1 saturated carbocycles. The van der Waals surface area contributed by atoms with Gasteiger partial charge >= 0.3 is 11.9 Å². The van der Waals surface area contributed by atoms with Crippen molar-refractivity contribution in [3.8, 4) is 11.1 Å². The molecule has 4 rings (SSSR count). The van der Waals surface area contributed by atoms with Crippen LogP contribution in [0.15, 0.2) is 29.2 Å². The molecule has 2 aromatic heterocycles. The number of rotatable bonds is 5. The van der Waals surface area contributed by atoms with E-state index in [1.165, 1.54) is 23.6 Å². The third-order valence-electron chi connectivity index (χ3n) is 5.10.